The van der Waals surface area contributed by atoms with Crippen LogP contribution in [0.1, 0.15) is 18.4 Å². The van der Waals surface area contributed by atoms with Gasteiger partial charge in [-0.05, 0) is 24.6 Å². The average molecular weight is 302 g/mol. The molecule has 1 aliphatic rings. The number of carbonyl (C=O) groups is 1. The molecule has 2 amide bonds. The van der Waals surface area contributed by atoms with E-state index in [1.807, 2.05) is 13.0 Å². The van der Waals surface area contributed by atoms with Gasteiger partial charge in [-0.1, -0.05) is 29.3 Å². The quantitative estimate of drug-likeness (QED) is 0.881. The Labute approximate surface area is 122 Å². The van der Waals surface area contributed by atoms with E-state index >= 15 is 0 Å². The molecule has 19 heavy (non-hydrogen) atoms. The molecular weight excluding hydrogens is 285 g/mol. The SMILES string of the molecule is CCNC(=O)N1CC(N)C(c2ccc(Cl)cc2Cl)C1. The topological polar surface area (TPSA) is 58.4 Å². The molecule has 1 heterocycles. The molecule has 0 spiro atoms. The number of amides is 2. The summed E-state index contributed by atoms with van der Waals surface area (Å²) < 4.78 is 0. The van der Waals surface area contributed by atoms with Crippen molar-refractivity contribution in [2.75, 3.05) is 19.6 Å². The average Bonchev–Trinajstić information content (AvgIpc) is 2.72. The van der Waals surface area contributed by atoms with Crippen molar-refractivity contribution in [3.63, 3.8) is 0 Å². The second-order valence-electron chi connectivity index (χ2n) is 4.68. The summed E-state index contributed by atoms with van der Waals surface area (Å²) in [5.74, 6) is 0.0485. The molecule has 0 bridgehead atoms. The second-order valence-corrected chi connectivity index (χ2v) is 5.52. The van der Waals surface area contributed by atoms with E-state index in [1.165, 1.54) is 0 Å². The summed E-state index contributed by atoms with van der Waals surface area (Å²) in [5, 5.41) is 3.98. The molecule has 2 rings (SSSR count). The van der Waals surface area contributed by atoms with Crippen LogP contribution in [-0.4, -0.2) is 36.6 Å². The van der Waals surface area contributed by atoms with Crippen LogP contribution >= 0.6 is 23.2 Å². The molecule has 0 aromatic heterocycles. The molecule has 6 heteroatoms. The number of rotatable bonds is 2. The molecule has 2 atom stereocenters. The first kappa shape index (κ1) is 14.4. The van der Waals surface area contributed by atoms with E-state index in [0.717, 1.165) is 5.56 Å². The summed E-state index contributed by atoms with van der Waals surface area (Å²) in [6.07, 6.45) is 0. The van der Waals surface area contributed by atoms with Crippen molar-refractivity contribution in [3.8, 4) is 0 Å². The van der Waals surface area contributed by atoms with Crippen LogP contribution in [0.15, 0.2) is 18.2 Å². The minimum atomic E-state index is -0.110. The first-order valence-electron chi connectivity index (χ1n) is 6.26. The van der Waals surface area contributed by atoms with Gasteiger partial charge >= 0.3 is 6.03 Å². The van der Waals surface area contributed by atoms with Crippen LogP contribution in [0.5, 0.6) is 0 Å². The van der Waals surface area contributed by atoms with Gasteiger partial charge < -0.3 is 16.0 Å². The number of urea groups is 1. The molecule has 1 fully saturated rings. The Morgan fingerprint density at radius 2 is 2.21 bits per heavy atom. The normalized spacial score (nSPS) is 22.6. The highest BCUT2D eigenvalue weighted by Gasteiger charge is 2.34. The van der Waals surface area contributed by atoms with E-state index in [4.69, 9.17) is 28.9 Å². The lowest BCUT2D eigenvalue weighted by molar-refractivity contribution is 0.208. The lowest BCUT2D eigenvalue weighted by Crippen LogP contribution is -2.39. The van der Waals surface area contributed by atoms with Crippen molar-refractivity contribution < 1.29 is 4.79 Å². The maximum Gasteiger partial charge on any atom is 0.317 e. The van der Waals surface area contributed by atoms with Crippen LogP contribution in [0.25, 0.3) is 0 Å². The first-order valence-corrected chi connectivity index (χ1v) is 7.01. The van der Waals surface area contributed by atoms with Crippen molar-refractivity contribution in [2.24, 2.45) is 5.73 Å². The molecule has 4 nitrogen and oxygen atoms in total. The zero-order chi connectivity index (χ0) is 14.0. The zero-order valence-corrected chi connectivity index (χ0v) is 12.2. The van der Waals surface area contributed by atoms with Gasteiger partial charge in [0.1, 0.15) is 0 Å². The van der Waals surface area contributed by atoms with Gasteiger partial charge in [-0.15, -0.1) is 0 Å². The summed E-state index contributed by atoms with van der Waals surface area (Å²) in [6.45, 7) is 3.61. The van der Waals surface area contributed by atoms with Crippen LogP contribution in [0.2, 0.25) is 10.0 Å². The first-order chi connectivity index (χ1) is 9.02. The van der Waals surface area contributed by atoms with Crippen molar-refractivity contribution in [1.29, 1.82) is 0 Å². The molecule has 104 valence electrons. The van der Waals surface area contributed by atoms with Crippen molar-refractivity contribution in [3.05, 3.63) is 33.8 Å². The highest BCUT2D eigenvalue weighted by atomic mass is 35.5. The van der Waals surface area contributed by atoms with E-state index in [0.29, 0.717) is 29.7 Å². The van der Waals surface area contributed by atoms with Gasteiger partial charge in [0, 0.05) is 41.6 Å². The zero-order valence-electron chi connectivity index (χ0n) is 10.7. The van der Waals surface area contributed by atoms with Crippen molar-refractivity contribution >= 4 is 29.2 Å². The van der Waals surface area contributed by atoms with Gasteiger partial charge in [-0.2, -0.15) is 0 Å². The Balaban J connectivity index is 2.15. The lowest BCUT2D eigenvalue weighted by atomic mass is 9.95. The molecule has 3 N–H and O–H groups in total. The van der Waals surface area contributed by atoms with Gasteiger partial charge in [0.05, 0.1) is 0 Å². The summed E-state index contributed by atoms with van der Waals surface area (Å²) in [4.78, 5) is 13.5. The number of benzene rings is 1. The Kier molecular flexibility index (Phi) is 4.55. The maximum atomic E-state index is 11.8. The molecule has 1 saturated heterocycles. The van der Waals surface area contributed by atoms with Gasteiger partial charge in [0.25, 0.3) is 0 Å². The predicted molar refractivity (Wildman–Crippen MR) is 77.8 cm³/mol. The van der Waals surface area contributed by atoms with Crippen molar-refractivity contribution in [2.45, 2.75) is 18.9 Å². The van der Waals surface area contributed by atoms with E-state index in [1.54, 1.807) is 17.0 Å². The number of hydrogen-bond acceptors (Lipinski definition) is 2. The molecule has 0 aliphatic carbocycles. The van der Waals surface area contributed by atoms with Gasteiger partial charge in [-0.25, -0.2) is 4.79 Å². The summed E-state index contributed by atoms with van der Waals surface area (Å²) in [5.41, 5.74) is 7.08. The Morgan fingerprint density at radius 3 is 2.84 bits per heavy atom. The fraction of sp³-hybridized carbons (Fsp3) is 0.462. The number of carbonyl (C=O) groups excluding carboxylic acids is 1. The third kappa shape index (κ3) is 3.14. The van der Waals surface area contributed by atoms with Gasteiger partial charge in [0.15, 0.2) is 0 Å². The molecule has 1 aromatic rings. The minimum absolute atomic E-state index is 0.0485. The summed E-state index contributed by atoms with van der Waals surface area (Å²) in [7, 11) is 0. The molecule has 1 aromatic carbocycles. The van der Waals surface area contributed by atoms with E-state index in [2.05, 4.69) is 5.32 Å². The number of nitrogens with zero attached hydrogens (tertiary/aromatic N) is 1. The lowest BCUT2D eigenvalue weighted by Gasteiger charge is -2.17. The van der Waals surface area contributed by atoms with Crippen LogP contribution in [0.4, 0.5) is 4.79 Å². The van der Waals surface area contributed by atoms with Crippen LogP contribution in [-0.2, 0) is 0 Å². The van der Waals surface area contributed by atoms with Gasteiger partial charge in [0.2, 0.25) is 0 Å². The second kappa shape index (κ2) is 5.99. The molecule has 0 saturated carbocycles. The van der Waals surface area contributed by atoms with Crippen LogP contribution < -0.4 is 11.1 Å². The maximum absolute atomic E-state index is 11.8. The number of nitrogens with one attached hydrogen (secondary N) is 1. The highest BCUT2D eigenvalue weighted by molar-refractivity contribution is 6.35. The molecule has 0 radical (unpaired) electrons. The molecule has 1 aliphatic heterocycles. The smallest absolute Gasteiger partial charge is 0.317 e. The number of halogens is 2. The van der Waals surface area contributed by atoms with Crippen LogP contribution in [0, 0.1) is 0 Å². The standard InChI is InChI=1S/C13H17Cl2N3O/c1-2-17-13(19)18-6-10(12(16)7-18)9-4-3-8(14)5-11(9)15/h3-5,10,12H,2,6-7,16H2,1H3,(H,17,19). The number of hydrogen-bond donors (Lipinski definition) is 2. The summed E-state index contributed by atoms with van der Waals surface area (Å²) >= 11 is 12.1. The predicted octanol–water partition coefficient (Wildman–Crippen LogP) is 2.45. The minimum Gasteiger partial charge on any atom is -0.338 e. The highest BCUT2D eigenvalue weighted by Crippen LogP contribution is 2.33. The number of likely N-dealkylation sites (tertiary alicyclic amines) is 1. The largest absolute Gasteiger partial charge is 0.338 e. The van der Waals surface area contributed by atoms with E-state index < -0.39 is 0 Å². The monoisotopic (exact) mass is 301 g/mol. The fourth-order valence-corrected chi connectivity index (χ4v) is 2.94. The number of nitrogens with two attached hydrogens (primary N) is 1. The van der Waals surface area contributed by atoms with Crippen LogP contribution in [0.3, 0.4) is 0 Å². The molecule has 2 unspecified atom stereocenters. The van der Waals surface area contributed by atoms with Crippen molar-refractivity contribution in [1.82, 2.24) is 10.2 Å². The Morgan fingerprint density at radius 1 is 1.47 bits per heavy atom. The van der Waals surface area contributed by atoms with E-state index in [9.17, 15) is 4.79 Å². The third-order valence-corrected chi connectivity index (χ3v) is 3.90. The Bertz CT molecular complexity index is 481. The Hall–Kier alpha value is -0.970. The fourth-order valence-electron chi connectivity index (χ4n) is 2.39. The molecular formula is C13H17Cl2N3O. The summed E-state index contributed by atoms with van der Waals surface area (Å²) in [6, 6.07) is 5.20. The van der Waals surface area contributed by atoms with Gasteiger partial charge in [-0.3, -0.25) is 0 Å². The third-order valence-electron chi connectivity index (χ3n) is 3.34. The van der Waals surface area contributed by atoms with E-state index in [-0.39, 0.29) is 18.0 Å².